The molecule has 2 N–H and O–H groups in total. The van der Waals surface area contributed by atoms with Gasteiger partial charge in [-0.05, 0) is 12.1 Å². The van der Waals surface area contributed by atoms with Gasteiger partial charge in [-0.15, -0.1) is 0 Å². The van der Waals surface area contributed by atoms with Crippen LogP contribution in [0.15, 0.2) is 58.2 Å². The summed E-state index contributed by atoms with van der Waals surface area (Å²) >= 11 is 0. The molecule has 8 heteroatoms. The third-order valence-electron chi connectivity index (χ3n) is 4.62. The van der Waals surface area contributed by atoms with Crippen LogP contribution in [0.3, 0.4) is 0 Å². The molecule has 1 aromatic heterocycles. The summed E-state index contributed by atoms with van der Waals surface area (Å²) in [6.07, 6.45) is 3.21. The molecule has 0 bridgehead atoms. The van der Waals surface area contributed by atoms with E-state index in [1.165, 1.54) is 12.4 Å². The lowest BCUT2D eigenvalue weighted by Crippen LogP contribution is -2.44. The summed E-state index contributed by atoms with van der Waals surface area (Å²) in [5.74, 6) is 0.188. The Morgan fingerprint density at radius 3 is 2.52 bits per heavy atom. The standard InChI is InChI=1S/C17H19FN4O2S/c18-22-12-13(21-8-6-19-7-9-21)10-15-16(11-20-17(15)22)25(23,24)14-4-2-1-3-5-14/h1-5,11-12,19-20H,6-10H2. The first-order valence-corrected chi connectivity index (χ1v) is 9.67. The van der Waals surface area contributed by atoms with E-state index in [0.29, 0.717) is 17.1 Å². The van der Waals surface area contributed by atoms with E-state index in [9.17, 15) is 12.9 Å². The molecule has 0 unspecified atom stereocenters. The fraction of sp³-hybridized carbons (Fsp3) is 0.294. The maximum atomic E-state index is 14.5. The average Bonchev–Trinajstić information content (AvgIpc) is 3.08. The number of rotatable bonds is 3. The number of hydrogen-bond donors (Lipinski definition) is 2. The third-order valence-corrected chi connectivity index (χ3v) is 6.46. The van der Waals surface area contributed by atoms with Gasteiger partial charge in [0.1, 0.15) is 5.82 Å². The summed E-state index contributed by atoms with van der Waals surface area (Å²) in [7, 11) is -3.70. The van der Waals surface area contributed by atoms with Crippen molar-refractivity contribution in [2.45, 2.75) is 16.2 Å². The van der Waals surface area contributed by atoms with Gasteiger partial charge >= 0.3 is 0 Å². The quantitative estimate of drug-likeness (QED) is 0.816. The minimum atomic E-state index is -3.70. The minimum Gasteiger partial charge on any atom is -0.371 e. The number of aromatic nitrogens is 1. The summed E-state index contributed by atoms with van der Waals surface area (Å²) in [4.78, 5) is 5.21. The minimum absolute atomic E-state index is 0.136. The highest BCUT2D eigenvalue weighted by atomic mass is 32.2. The molecule has 25 heavy (non-hydrogen) atoms. The molecule has 0 amide bonds. The van der Waals surface area contributed by atoms with Crippen LogP contribution in [-0.4, -0.2) is 44.5 Å². The van der Waals surface area contributed by atoms with Gasteiger partial charge in [-0.1, -0.05) is 22.7 Å². The lowest BCUT2D eigenvalue weighted by Gasteiger charge is -2.34. The van der Waals surface area contributed by atoms with Gasteiger partial charge in [-0.3, -0.25) is 0 Å². The topological polar surface area (TPSA) is 68.4 Å². The van der Waals surface area contributed by atoms with Crippen molar-refractivity contribution in [1.29, 1.82) is 0 Å². The second kappa shape index (κ2) is 6.20. The first-order valence-electron chi connectivity index (χ1n) is 8.19. The van der Waals surface area contributed by atoms with Crippen LogP contribution in [0.4, 0.5) is 10.3 Å². The SMILES string of the molecule is O=S(=O)(c1ccccc1)c1c[nH]c2c1CC(N1CCNCC1)=CN2F. The molecular weight excluding hydrogens is 343 g/mol. The molecule has 0 aliphatic carbocycles. The van der Waals surface area contributed by atoms with Crippen molar-refractivity contribution < 1.29 is 12.9 Å². The van der Waals surface area contributed by atoms with Gasteiger partial charge in [-0.2, -0.15) is 5.12 Å². The molecule has 1 aromatic carbocycles. The number of sulfone groups is 1. The van der Waals surface area contributed by atoms with Crippen LogP contribution in [-0.2, 0) is 16.3 Å². The second-order valence-corrected chi connectivity index (χ2v) is 8.06. The van der Waals surface area contributed by atoms with Gasteiger partial charge < -0.3 is 15.2 Å². The summed E-state index contributed by atoms with van der Waals surface area (Å²) in [6, 6.07) is 8.23. The van der Waals surface area contributed by atoms with Crippen molar-refractivity contribution >= 4 is 15.7 Å². The number of benzene rings is 1. The maximum Gasteiger partial charge on any atom is 0.208 e. The summed E-state index contributed by atoms with van der Waals surface area (Å²) < 4.78 is 40.4. The zero-order valence-electron chi connectivity index (χ0n) is 13.6. The van der Waals surface area contributed by atoms with Gasteiger partial charge in [0, 0.05) is 50.1 Å². The smallest absolute Gasteiger partial charge is 0.208 e. The van der Waals surface area contributed by atoms with Crippen LogP contribution < -0.4 is 10.4 Å². The van der Waals surface area contributed by atoms with Gasteiger partial charge in [0.15, 0.2) is 0 Å². The Hall–Kier alpha value is -2.32. The van der Waals surface area contributed by atoms with E-state index in [2.05, 4.69) is 15.2 Å². The van der Waals surface area contributed by atoms with Crippen molar-refractivity contribution in [2.75, 3.05) is 31.3 Å². The highest BCUT2D eigenvalue weighted by Gasteiger charge is 2.31. The molecule has 1 saturated heterocycles. The van der Waals surface area contributed by atoms with Crippen molar-refractivity contribution in [3.63, 3.8) is 0 Å². The predicted octanol–water partition coefficient (Wildman–Crippen LogP) is 1.84. The van der Waals surface area contributed by atoms with Crippen LogP contribution in [0.5, 0.6) is 0 Å². The fourth-order valence-electron chi connectivity index (χ4n) is 3.32. The highest BCUT2D eigenvalue weighted by Crippen LogP contribution is 2.36. The number of nitrogens with zero attached hydrogens (tertiary/aromatic N) is 2. The number of allylic oxidation sites excluding steroid dienone is 1. The van der Waals surface area contributed by atoms with Crippen LogP contribution in [0.25, 0.3) is 0 Å². The third kappa shape index (κ3) is 2.81. The van der Waals surface area contributed by atoms with E-state index in [0.717, 1.165) is 31.9 Å². The number of aromatic amines is 1. The highest BCUT2D eigenvalue weighted by molar-refractivity contribution is 7.91. The molecule has 6 nitrogen and oxygen atoms in total. The first-order chi connectivity index (χ1) is 12.1. The second-order valence-electron chi connectivity index (χ2n) is 6.14. The number of anilines is 1. The van der Waals surface area contributed by atoms with Gasteiger partial charge in [0.25, 0.3) is 0 Å². The molecule has 2 aliphatic heterocycles. The van der Waals surface area contributed by atoms with Crippen LogP contribution in [0, 0.1) is 0 Å². The zero-order valence-corrected chi connectivity index (χ0v) is 14.4. The molecule has 2 aromatic rings. The Balaban J connectivity index is 1.72. The van der Waals surface area contributed by atoms with E-state index in [1.54, 1.807) is 30.3 Å². The lowest BCUT2D eigenvalue weighted by atomic mass is 10.1. The van der Waals surface area contributed by atoms with Crippen LogP contribution >= 0.6 is 0 Å². The number of halogens is 1. The Morgan fingerprint density at radius 1 is 1.08 bits per heavy atom. The number of piperazine rings is 1. The van der Waals surface area contributed by atoms with Gasteiger partial charge in [0.2, 0.25) is 9.84 Å². The molecule has 132 valence electrons. The predicted molar refractivity (Wildman–Crippen MR) is 92.5 cm³/mol. The summed E-state index contributed by atoms with van der Waals surface area (Å²) in [6.45, 7) is 3.22. The Kier molecular flexibility index (Phi) is 4.01. The normalized spacial score (nSPS) is 18.0. The molecule has 4 rings (SSSR count). The number of hydrogen-bond acceptors (Lipinski definition) is 5. The van der Waals surface area contributed by atoms with Crippen molar-refractivity contribution in [2.24, 2.45) is 0 Å². The molecule has 1 fully saturated rings. The van der Waals surface area contributed by atoms with Crippen molar-refractivity contribution in [3.05, 3.63) is 54.0 Å². The van der Waals surface area contributed by atoms with Gasteiger partial charge in [0.05, 0.1) is 16.0 Å². The van der Waals surface area contributed by atoms with E-state index in [1.807, 2.05) is 0 Å². The number of fused-ring (bicyclic) bond motifs is 1. The molecule has 3 heterocycles. The first kappa shape index (κ1) is 16.2. The molecule has 0 saturated carbocycles. The summed E-state index contributed by atoms with van der Waals surface area (Å²) in [5.41, 5.74) is 1.27. The lowest BCUT2D eigenvalue weighted by molar-refractivity contribution is 0.288. The molecule has 2 aliphatic rings. The number of H-pyrrole nitrogens is 1. The number of nitrogens with one attached hydrogen (secondary N) is 2. The Bertz CT molecular complexity index is 902. The zero-order chi connectivity index (χ0) is 17.4. The van der Waals surface area contributed by atoms with E-state index in [4.69, 9.17) is 0 Å². The molecule has 0 radical (unpaired) electrons. The van der Waals surface area contributed by atoms with E-state index < -0.39 is 9.84 Å². The largest absolute Gasteiger partial charge is 0.371 e. The average molecular weight is 362 g/mol. The summed E-state index contributed by atoms with van der Waals surface area (Å²) in [5, 5.41) is 3.74. The van der Waals surface area contributed by atoms with E-state index in [-0.39, 0.29) is 15.6 Å². The maximum absolute atomic E-state index is 14.5. The monoisotopic (exact) mass is 362 g/mol. The van der Waals surface area contributed by atoms with Crippen molar-refractivity contribution in [1.82, 2.24) is 15.2 Å². The van der Waals surface area contributed by atoms with E-state index >= 15 is 0 Å². The van der Waals surface area contributed by atoms with Crippen LogP contribution in [0.2, 0.25) is 0 Å². The Morgan fingerprint density at radius 2 is 1.80 bits per heavy atom. The fourth-order valence-corrected chi connectivity index (χ4v) is 4.80. The van der Waals surface area contributed by atoms with Crippen LogP contribution in [0.1, 0.15) is 5.56 Å². The van der Waals surface area contributed by atoms with Gasteiger partial charge in [-0.25, -0.2) is 8.42 Å². The molecule has 0 spiro atoms. The molecular formula is C17H19FN4O2S. The Labute approximate surface area is 145 Å². The molecule has 0 atom stereocenters. The van der Waals surface area contributed by atoms with Crippen molar-refractivity contribution in [3.8, 4) is 0 Å².